The Morgan fingerprint density at radius 2 is 1.69 bits per heavy atom. The number of rotatable bonds is 10. The average molecular weight is 407 g/mol. The Hall–Kier alpha value is -2.57. The Kier molecular flexibility index (Phi) is 10.2. The topological polar surface area (TPSA) is 93.7 Å². The summed E-state index contributed by atoms with van der Waals surface area (Å²) in [6, 6.07) is 8.34. The number of carbonyl (C=O) groups excluding carboxylic acids is 3. The van der Waals surface area contributed by atoms with Gasteiger partial charge in [0.25, 0.3) is 0 Å². The van der Waals surface area contributed by atoms with Gasteiger partial charge in [0.1, 0.15) is 18.2 Å². The van der Waals surface area contributed by atoms with Crippen LogP contribution in [-0.4, -0.2) is 35.7 Å². The largest absolute Gasteiger partial charge is 0.460 e. The van der Waals surface area contributed by atoms with Crippen LogP contribution in [0.3, 0.4) is 0 Å². The summed E-state index contributed by atoms with van der Waals surface area (Å²) in [6.07, 6.45) is 1.18. The lowest BCUT2D eigenvalue weighted by atomic mass is 10.1. The van der Waals surface area contributed by atoms with Crippen molar-refractivity contribution in [3.63, 3.8) is 0 Å². The van der Waals surface area contributed by atoms with Gasteiger partial charge in [0.05, 0.1) is 0 Å². The SMILES string of the molecule is CCC[C@H](C)NC(=O)[C@H](CCC(=O)OC(C)(C)C)NC(=O)OCc1ccccc1. The van der Waals surface area contributed by atoms with Gasteiger partial charge in [0.2, 0.25) is 5.91 Å². The quantitative estimate of drug-likeness (QED) is 0.578. The molecule has 1 aromatic carbocycles. The van der Waals surface area contributed by atoms with Crippen molar-refractivity contribution in [3.8, 4) is 0 Å². The second kappa shape index (κ2) is 12.1. The lowest BCUT2D eigenvalue weighted by Gasteiger charge is -2.22. The number of benzene rings is 1. The molecule has 0 radical (unpaired) electrons. The molecule has 162 valence electrons. The Morgan fingerprint density at radius 1 is 1.03 bits per heavy atom. The first-order valence-electron chi connectivity index (χ1n) is 10.1. The first kappa shape index (κ1) is 24.5. The minimum atomic E-state index is -0.884. The van der Waals surface area contributed by atoms with Crippen LogP contribution in [0.15, 0.2) is 30.3 Å². The van der Waals surface area contributed by atoms with E-state index >= 15 is 0 Å². The van der Waals surface area contributed by atoms with Crippen molar-refractivity contribution in [2.24, 2.45) is 0 Å². The molecule has 0 unspecified atom stereocenters. The van der Waals surface area contributed by atoms with E-state index in [1.807, 2.05) is 44.2 Å². The molecule has 2 amide bonds. The molecule has 0 spiro atoms. The predicted octanol–water partition coefficient (Wildman–Crippen LogP) is 3.71. The highest BCUT2D eigenvalue weighted by Crippen LogP contribution is 2.11. The molecule has 2 N–H and O–H groups in total. The molecule has 0 heterocycles. The van der Waals surface area contributed by atoms with Crippen LogP contribution in [-0.2, 0) is 25.7 Å². The van der Waals surface area contributed by atoms with E-state index in [1.165, 1.54) is 0 Å². The van der Waals surface area contributed by atoms with E-state index in [2.05, 4.69) is 10.6 Å². The first-order chi connectivity index (χ1) is 13.6. The predicted molar refractivity (Wildman–Crippen MR) is 111 cm³/mol. The molecule has 0 aromatic heterocycles. The summed E-state index contributed by atoms with van der Waals surface area (Å²) in [5.74, 6) is -0.762. The highest BCUT2D eigenvalue weighted by molar-refractivity contribution is 5.86. The fourth-order valence-corrected chi connectivity index (χ4v) is 2.68. The van der Waals surface area contributed by atoms with Crippen molar-refractivity contribution in [1.82, 2.24) is 10.6 Å². The van der Waals surface area contributed by atoms with Gasteiger partial charge >= 0.3 is 12.1 Å². The third kappa shape index (κ3) is 11.1. The van der Waals surface area contributed by atoms with Gasteiger partial charge in [-0.25, -0.2) is 4.79 Å². The second-order valence-corrected chi connectivity index (χ2v) is 8.08. The number of hydrogen-bond acceptors (Lipinski definition) is 5. The van der Waals surface area contributed by atoms with Crippen molar-refractivity contribution in [3.05, 3.63) is 35.9 Å². The molecule has 0 aliphatic carbocycles. The summed E-state index contributed by atoms with van der Waals surface area (Å²) in [6.45, 7) is 9.36. The monoisotopic (exact) mass is 406 g/mol. The van der Waals surface area contributed by atoms with Crippen molar-refractivity contribution in [1.29, 1.82) is 0 Å². The smallest absolute Gasteiger partial charge is 0.408 e. The molecule has 29 heavy (non-hydrogen) atoms. The van der Waals surface area contributed by atoms with Crippen LogP contribution in [0.2, 0.25) is 0 Å². The molecule has 0 saturated carbocycles. The molecule has 0 aliphatic rings. The molecule has 1 rings (SSSR count). The van der Waals surface area contributed by atoms with Gasteiger partial charge in [-0.15, -0.1) is 0 Å². The van der Waals surface area contributed by atoms with Crippen LogP contribution in [0, 0.1) is 0 Å². The third-order valence-corrected chi connectivity index (χ3v) is 3.99. The summed E-state index contributed by atoms with van der Waals surface area (Å²) in [5, 5.41) is 5.44. The molecule has 2 atom stereocenters. The molecule has 7 nitrogen and oxygen atoms in total. The maximum absolute atomic E-state index is 12.6. The number of alkyl carbamates (subject to hydrolysis) is 1. The Labute approximate surface area is 173 Å². The fourth-order valence-electron chi connectivity index (χ4n) is 2.68. The Morgan fingerprint density at radius 3 is 2.28 bits per heavy atom. The van der Waals surface area contributed by atoms with Gasteiger partial charge in [-0.2, -0.15) is 0 Å². The summed E-state index contributed by atoms with van der Waals surface area (Å²) < 4.78 is 10.5. The standard InChI is InChI=1S/C22H34N2O5/c1-6-10-16(2)23-20(26)18(13-14-19(25)29-22(3,4)5)24-21(27)28-15-17-11-8-7-9-12-17/h7-9,11-12,16,18H,6,10,13-15H2,1-5H3,(H,23,26)(H,24,27)/t16-,18-/m0/s1. The maximum atomic E-state index is 12.6. The van der Waals surface area contributed by atoms with Gasteiger partial charge in [0.15, 0.2) is 0 Å². The van der Waals surface area contributed by atoms with Crippen LogP contribution in [0.1, 0.15) is 65.9 Å². The van der Waals surface area contributed by atoms with Crippen molar-refractivity contribution >= 4 is 18.0 Å². The first-order valence-corrected chi connectivity index (χ1v) is 10.1. The zero-order valence-corrected chi connectivity index (χ0v) is 18.1. The number of hydrogen-bond donors (Lipinski definition) is 2. The summed E-state index contributed by atoms with van der Waals surface area (Å²) >= 11 is 0. The lowest BCUT2D eigenvalue weighted by Crippen LogP contribution is -2.49. The minimum absolute atomic E-state index is 0.0104. The van der Waals surface area contributed by atoms with E-state index in [0.29, 0.717) is 0 Å². The zero-order chi connectivity index (χ0) is 21.9. The fraction of sp³-hybridized carbons (Fsp3) is 0.591. The Bertz CT molecular complexity index is 655. The van der Waals surface area contributed by atoms with Crippen molar-refractivity contribution < 1.29 is 23.9 Å². The molecule has 0 aliphatic heterocycles. The third-order valence-electron chi connectivity index (χ3n) is 3.99. The van der Waals surface area contributed by atoms with E-state index in [4.69, 9.17) is 9.47 Å². The van der Waals surface area contributed by atoms with E-state index in [-0.39, 0.29) is 31.4 Å². The van der Waals surface area contributed by atoms with Crippen molar-refractivity contribution in [2.75, 3.05) is 0 Å². The van der Waals surface area contributed by atoms with Crippen LogP contribution in [0.5, 0.6) is 0 Å². The van der Waals surface area contributed by atoms with E-state index < -0.39 is 23.7 Å². The van der Waals surface area contributed by atoms with Crippen LogP contribution < -0.4 is 10.6 Å². The van der Waals surface area contributed by atoms with Gasteiger partial charge in [-0.05, 0) is 46.1 Å². The number of esters is 1. The molecule has 1 aromatic rings. The minimum Gasteiger partial charge on any atom is -0.460 e. The lowest BCUT2D eigenvalue weighted by molar-refractivity contribution is -0.155. The summed E-state index contributed by atoms with van der Waals surface area (Å²) in [7, 11) is 0. The zero-order valence-electron chi connectivity index (χ0n) is 18.1. The number of nitrogens with one attached hydrogen (secondary N) is 2. The van der Waals surface area contributed by atoms with E-state index in [9.17, 15) is 14.4 Å². The number of ether oxygens (including phenoxy) is 2. The van der Waals surface area contributed by atoms with Gasteiger partial charge in [0, 0.05) is 12.5 Å². The molecular weight excluding hydrogens is 372 g/mol. The Balaban J connectivity index is 2.66. The highest BCUT2D eigenvalue weighted by atomic mass is 16.6. The van der Waals surface area contributed by atoms with Crippen LogP contribution >= 0.6 is 0 Å². The molecule has 0 fully saturated rings. The maximum Gasteiger partial charge on any atom is 0.408 e. The van der Waals surface area contributed by atoms with E-state index in [0.717, 1.165) is 18.4 Å². The summed E-state index contributed by atoms with van der Waals surface area (Å²) in [5.41, 5.74) is 0.237. The number of carbonyl (C=O) groups is 3. The number of amides is 2. The molecule has 7 heteroatoms. The van der Waals surface area contributed by atoms with Gasteiger partial charge in [-0.1, -0.05) is 43.7 Å². The van der Waals surface area contributed by atoms with Crippen LogP contribution in [0.4, 0.5) is 4.79 Å². The molecule has 0 bridgehead atoms. The van der Waals surface area contributed by atoms with Gasteiger partial charge in [-0.3, -0.25) is 9.59 Å². The summed E-state index contributed by atoms with van der Waals surface area (Å²) in [4.78, 5) is 36.8. The van der Waals surface area contributed by atoms with Gasteiger partial charge < -0.3 is 20.1 Å². The molecule has 0 saturated heterocycles. The van der Waals surface area contributed by atoms with Crippen LogP contribution in [0.25, 0.3) is 0 Å². The van der Waals surface area contributed by atoms with Crippen molar-refractivity contribution in [2.45, 2.75) is 84.6 Å². The normalized spacial score (nSPS) is 13.1. The molecular formula is C22H34N2O5. The van der Waals surface area contributed by atoms with E-state index in [1.54, 1.807) is 20.8 Å². The average Bonchev–Trinajstić information content (AvgIpc) is 2.63. The second-order valence-electron chi connectivity index (χ2n) is 8.08. The highest BCUT2D eigenvalue weighted by Gasteiger charge is 2.25.